The van der Waals surface area contributed by atoms with Crippen LogP contribution in [0.1, 0.15) is 18.2 Å². The van der Waals surface area contributed by atoms with Gasteiger partial charge in [-0.3, -0.25) is 5.10 Å². The largest absolute Gasteiger partial charge is 0.433 e. The van der Waals surface area contributed by atoms with Crippen molar-refractivity contribution in [3.05, 3.63) is 17.5 Å². The molecule has 0 aliphatic carbocycles. The Balaban J connectivity index is 3.18. The zero-order valence-electron chi connectivity index (χ0n) is 7.39. The van der Waals surface area contributed by atoms with Crippen LogP contribution in [-0.4, -0.2) is 21.8 Å². The molecule has 1 rings (SSSR count). The number of nitrogens with one attached hydrogen (secondary N) is 1. The molecule has 0 spiro atoms. The predicted molar refractivity (Wildman–Crippen MR) is 42.2 cm³/mol. The van der Waals surface area contributed by atoms with Gasteiger partial charge in [-0.25, -0.2) is 0 Å². The SMILES string of the molecule is CC(O)(CN)c1cn[nH]c1C(F)(F)F. The summed E-state index contributed by atoms with van der Waals surface area (Å²) < 4.78 is 37.0. The lowest BCUT2D eigenvalue weighted by atomic mass is 9.97. The number of hydrogen-bond donors (Lipinski definition) is 3. The lowest BCUT2D eigenvalue weighted by Crippen LogP contribution is -2.33. The van der Waals surface area contributed by atoms with Crippen molar-refractivity contribution in [1.82, 2.24) is 10.2 Å². The summed E-state index contributed by atoms with van der Waals surface area (Å²) in [5.74, 6) is 0. The Hall–Kier alpha value is -1.08. The summed E-state index contributed by atoms with van der Waals surface area (Å²) in [7, 11) is 0. The molecule has 0 radical (unpaired) electrons. The lowest BCUT2D eigenvalue weighted by molar-refractivity contribution is -0.143. The molecule has 1 heterocycles. The van der Waals surface area contributed by atoms with E-state index in [2.05, 4.69) is 5.10 Å². The zero-order chi connectivity index (χ0) is 11.0. The van der Waals surface area contributed by atoms with Crippen molar-refractivity contribution in [3.8, 4) is 0 Å². The van der Waals surface area contributed by atoms with Crippen LogP contribution < -0.4 is 5.73 Å². The normalized spacial score (nSPS) is 16.7. The van der Waals surface area contributed by atoms with E-state index in [9.17, 15) is 18.3 Å². The van der Waals surface area contributed by atoms with E-state index < -0.39 is 17.5 Å². The van der Waals surface area contributed by atoms with E-state index in [0.717, 1.165) is 6.20 Å². The number of aliphatic hydroxyl groups is 1. The fraction of sp³-hybridized carbons (Fsp3) is 0.571. The highest BCUT2D eigenvalue weighted by Gasteiger charge is 2.40. The summed E-state index contributed by atoms with van der Waals surface area (Å²) in [5.41, 5.74) is 2.02. The van der Waals surface area contributed by atoms with Gasteiger partial charge in [-0.2, -0.15) is 18.3 Å². The van der Waals surface area contributed by atoms with Gasteiger partial charge in [-0.1, -0.05) is 0 Å². The molecular formula is C7H10F3N3O. The molecule has 0 amide bonds. The van der Waals surface area contributed by atoms with Crippen LogP contribution in [-0.2, 0) is 11.8 Å². The van der Waals surface area contributed by atoms with Crippen molar-refractivity contribution in [2.24, 2.45) is 5.73 Å². The molecule has 0 bridgehead atoms. The predicted octanol–water partition coefficient (Wildman–Crippen LogP) is 0.595. The van der Waals surface area contributed by atoms with Gasteiger partial charge in [0.05, 0.1) is 6.20 Å². The number of hydrogen-bond acceptors (Lipinski definition) is 3. The van der Waals surface area contributed by atoms with Crippen molar-refractivity contribution < 1.29 is 18.3 Å². The number of nitrogens with two attached hydrogens (primary N) is 1. The molecule has 1 aromatic rings. The first-order valence-electron chi connectivity index (χ1n) is 3.82. The summed E-state index contributed by atoms with van der Waals surface area (Å²) in [6, 6.07) is 0. The molecule has 1 unspecified atom stereocenters. The van der Waals surface area contributed by atoms with E-state index in [0.29, 0.717) is 0 Å². The molecule has 4 nitrogen and oxygen atoms in total. The minimum Gasteiger partial charge on any atom is -0.384 e. The Morgan fingerprint density at radius 2 is 2.14 bits per heavy atom. The number of halogens is 3. The number of nitrogens with zero attached hydrogens (tertiary/aromatic N) is 1. The molecule has 80 valence electrons. The summed E-state index contributed by atoms with van der Waals surface area (Å²) >= 11 is 0. The third-order valence-corrected chi connectivity index (χ3v) is 1.90. The number of rotatable bonds is 2. The number of alkyl halides is 3. The molecule has 0 saturated heterocycles. The molecule has 1 aromatic heterocycles. The molecule has 1 atom stereocenters. The van der Waals surface area contributed by atoms with Crippen LogP contribution in [0.25, 0.3) is 0 Å². The molecule has 0 aliphatic heterocycles. The smallest absolute Gasteiger partial charge is 0.384 e. The molecule has 0 saturated carbocycles. The summed E-state index contributed by atoms with van der Waals surface area (Å²) in [6.45, 7) is 0.892. The van der Waals surface area contributed by atoms with Crippen molar-refractivity contribution in [1.29, 1.82) is 0 Å². The van der Waals surface area contributed by atoms with E-state index in [-0.39, 0.29) is 12.1 Å². The van der Waals surface area contributed by atoms with Gasteiger partial charge >= 0.3 is 6.18 Å². The Bertz CT molecular complexity index is 318. The second kappa shape index (κ2) is 3.25. The highest BCUT2D eigenvalue weighted by atomic mass is 19.4. The van der Waals surface area contributed by atoms with E-state index in [4.69, 9.17) is 5.73 Å². The quantitative estimate of drug-likeness (QED) is 0.667. The van der Waals surface area contributed by atoms with E-state index in [1.54, 1.807) is 5.10 Å². The third kappa shape index (κ3) is 1.88. The molecule has 0 fully saturated rings. The molecule has 14 heavy (non-hydrogen) atoms. The average molecular weight is 209 g/mol. The number of aromatic nitrogens is 2. The van der Waals surface area contributed by atoms with E-state index in [1.807, 2.05) is 0 Å². The minimum atomic E-state index is -4.56. The van der Waals surface area contributed by atoms with Gasteiger partial charge in [0.2, 0.25) is 0 Å². The average Bonchev–Trinajstić information content (AvgIpc) is 2.51. The topological polar surface area (TPSA) is 74.9 Å². The Morgan fingerprint density at radius 1 is 1.57 bits per heavy atom. The van der Waals surface area contributed by atoms with Crippen molar-refractivity contribution in [3.63, 3.8) is 0 Å². The molecule has 0 aromatic carbocycles. The summed E-state index contributed by atoms with van der Waals surface area (Å²) in [4.78, 5) is 0. The highest BCUT2D eigenvalue weighted by Crippen LogP contribution is 2.34. The molecular weight excluding hydrogens is 199 g/mol. The van der Waals surface area contributed by atoms with Gasteiger partial charge in [-0.15, -0.1) is 0 Å². The number of aromatic amines is 1. The second-order valence-electron chi connectivity index (χ2n) is 3.13. The first-order chi connectivity index (χ1) is 6.29. The van der Waals surface area contributed by atoms with Crippen LogP contribution >= 0.6 is 0 Å². The molecule has 7 heteroatoms. The maximum Gasteiger partial charge on any atom is 0.433 e. The monoisotopic (exact) mass is 209 g/mol. The van der Waals surface area contributed by atoms with Gasteiger partial charge in [0, 0.05) is 12.1 Å². The maximum absolute atomic E-state index is 12.3. The zero-order valence-corrected chi connectivity index (χ0v) is 7.39. The Labute approximate surface area is 77.9 Å². The van der Waals surface area contributed by atoms with Crippen LogP contribution in [0, 0.1) is 0 Å². The first-order valence-corrected chi connectivity index (χ1v) is 3.82. The highest BCUT2D eigenvalue weighted by molar-refractivity contribution is 5.26. The van der Waals surface area contributed by atoms with Gasteiger partial charge in [0.15, 0.2) is 0 Å². The first kappa shape index (κ1) is 11.0. The standard InChI is InChI=1S/C7H10F3N3O/c1-6(14,3-11)4-2-12-13-5(4)7(8,9)10/h2,14H,3,11H2,1H3,(H,12,13). The Morgan fingerprint density at radius 3 is 2.57 bits per heavy atom. The second-order valence-corrected chi connectivity index (χ2v) is 3.13. The van der Waals surface area contributed by atoms with E-state index in [1.165, 1.54) is 6.92 Å². The molecule has 0 aliphatic rings. The van der Waals surface area contributed by atoms with Gasteiger partial charge in [-0.05, 0) is 6.92 Å². The van der Waals surface area contributed by atoms with Crippen LogP contribution in [0.15, 0.2) is 6.20 Å². The van der Waals surface area contributed by atoms with Crippen molar-refractivity contribution in [2.75, 3.05) is 6.54 Å². The van der Waals surface area contributed by atoms with Crippen molar-refractivity contribution >= 4 is 0 Å². The van der Waals surface area contributed by atoms with Crippen LogP contribution in [0.3, 0.4) is 0 Å². The fourth-order valence-electron chi connectivity index (χ4n) is 1.02. The minimum absolute atomic E-state index is 0.310. The number of H-pyrrole nitrogens is 1. The van der Waals surface area contributed by atoms with Gasteiger partial charge < -0.3 is 10.8 Å². The molecule has 4 N–H and O–H groups in total. The summed E-state index contributed by atoms with van der Waals surface area (Å²) in [5, 5.41) is 14.6. The summed E-state index contributed by atoms with van der Waals surface area (Å²) in [6.07, 6.45) is -3.64. The Kier molecular flexibility index (Phi) is 2.55. The van der Waals surface area contributed by atoms with Gasteiger partial charge in [0.1, 0.15) is 11.3 Å². The van der Waals surface area contributed by atoms with Crippen molar-refractivity contribution in [2.45, 2.75) is 18.7 Å². The maximum atomic E-state index is 12.3. The van der Waals surface area contributed by atoms with Crippen LogP contribution in [0.4, 0.5) is 13.2 Å². The fourth-order valence-corrected chi connectivity index (χ4v) is 1.02. The third-order valence-electron chi connectivity index (χ3n) is 1.90. The van der Waals surface area contributed by atoms with Crippen LogP contribution in [0.2, 0.25) is 0 Å². The van der Waals surface area contributed by atoms with Gasteiger partial charge in [0.25, 0.3) is 0 Å². The van der Waals surface area contributed by atoms with Crippen LogP contribution in [0.5, 0.6) is 0 Å². The van der Waals surface area contributed by atoms with E-state index >= 15 is 0 Å². The lowest BCUT2D eigenvalue weighted by Gasteiger charge is -2.21.